The molecule has 0 saturated carbocycles. The molecule has 1 aromatic rings. The standard InChI is InChI=1S/C12H14N2O3S/c1-10(9-13)18(15,16)14-7-4-8-17-12-6-3-2-5-11(12)14/h2-3,5-6,10H,4,7-8H2,1H3. The lowest BCUT2D eigenvalue weighted by Gasteiger charge is -2.24. The molecule has 0 amide bonds. The van der Waals surface area contributed by atoms with Crippen molar-refractivity contribution in [3.8, 4) is 11.8 Å². The van der Waals surface area contributed by atoms with Gasteiger partial charge >= 0.3 is 0 Å². The van der Waals surface area contributed by atoms with E-state index in [-0.39, 0.29) is 0 Å². The van der Waals surface area contributed by atoms with E-state index >= 15 is 0 Å². The maximum absolute atomic E-state index is 12.3. The molecule has 0 saturated heterocycles. The lowest BCUT2D eigenvalue weighted by Crippen LogP contribution is -2.37. The Labute approximate surface area is 107 Å². The van der Waals surface area contributed by atoms with Crippen molar-refractivity contribution < 1.29 is 13.2 Å². The van der Waals surface area contributed by atoms with Crippen LogP contribution in [0.25, 0.3) is 0 Å². The van der Waals surface area contributed by atoms with E-state index in [4.69, 9.17) is 10.00 Å². The monoisotopic (exact) mass is 266 g/mol. The van der Waals surface area contributed by atoms with Crippen LogP contribution in [0, 0.1) is 11.3 Å². The van der Waals surface area contributed by atoms with E-state index in [1.807, 2.05) is 0 Å². The van der Waals surface area contributed by atoms with Crippen LogP contribution in [0.3, 0.4) is 0 Å². The van der Waals surface area contributed by atoms with E-state index in [9.17, 15) is 8.42 Å². The highest BCUT2D eigenvalue weighted by Crippen LogP contribution is 2.33. The number of benzene rings is 1. The van der Waals surface area contributed by atoms with Crippen LogP contribution >= 0.6 is 0 Å². The van der Waals surface area contributed by atoms with Crippen molar-refractivity contribution >= 4 is 15.7 Å². The molecule has 1 atom stereocenters. The van der Waals surface area contributed by atoms with E-state index in [2.05, 4.69) is 0 Å². The van der Waals surface area contributed by atoms with Crippen LogP contribution in [-0.2, 0) is 10.0 Å². The van der Waals surface area contributed by atoms with Crippen LogP contribution in [0.15, 0.2) is 24.3 Å². The van der Waals surface area contributed by atoms with Gasteiger partial charge in [0, 0.05) is 13.0 Å². The topological polar surface area (TPSA) is 70.4 Å². The SMILES string of the molecule is CC(C#N)S(=O)(=O)N1CCCOc2ccccc21. The molecule has 0 N–H and O–H groups in total. The number of hydrogen-bond acceptors (Lipinski definition) is 4. The van der Waals surface area contributed by atoms with Crippen LogP contribution in [-0.4, -0.2) is 26.8 Å². The van der Waals surface area contributed by atoms with Gasteiger partial charge in [0.2, 0.25) is 0 Å². The Balaban J connectivity index is 2.50. The fraction of sp³-hybridized carbons (Fsp3) is 0.417. The van der Waals surface area contributed by atoms with Crippen LogP contribution in [0.1, 0.15) is 13.3 Å². The number of fused-ring (bicyclic) bond motifs is 1. The molecule has 6 heteroatoms. The summed E-state index contributed by atoms with van der Waals surface area (Å²) in [6.07, 6.45) is 0.603. The van der Waals surface area contributed by atoms with Crippen LogP contribution in [0.2, 0.25) is 0 Å². The molecule has 0 fully saturated rings. The highest BCUT2D eigenvalue weighted by Gasteiger charge is 2.31. The van der Waals surface area contributed by atoms with E-state index in [0.29, 0.717) is 31.0 Å². The summed E-state index contributed by atoms with van der Waals surface area (Å²) in [7, 11) is -3.66. The Hall–Kier alpha value is -1.74. The van der Waals surface area contributed by atoms with Gasteiger partial charge in [-0.05, 0) is 19.1 Å². The fourth-order valence-electron chi connectivity index (χ4n) is 1.82. The minimum Gasteiger partial charge on any atom is -0.491 e. The van der Waals surface area contributed by atoms with Gasteiger partial charge in [0.1, 0.15) is 5.75 Å². The lowest BCUT2D eigenvalue weighted by molar-refractivity contribution is 0.322. The molecular formula is C12H14N2O3S. The molecule has 0 spiro atoms. The average Bonchev–Trinajstić information content (AvgIpc) is 2.60. The molecule has 5 nitrogen and oxygen atoms in total. The predicted octanol–water partition coefficient (Wildman–Crippen LogP) is 1.52. The third-order valence-electron chi connectivity index (χ3n) is 2.83. The summed E-state index contributed by atoms with van der Waals surface area (Å²) in [6.45, 7) is 2.21. The van der Waals surface area contributed by atoms with Gasteiger partial charge < -0.3 is 4.74 Å². The Morgan fingerprint density at radius 3 is 2.89 bits per heavy atom. The maximum Gasteiger partial charge on any atom is 0.251 e. The molecule has 1 aliphatic heterocycles. The molecule has 1 aromatic carbocycles. The van der Waals surface area contributed by atoms with Gasteiger partial charge in [-0.15, -0.1) is 0 Å². The molecule has 0 bridgehead atoms. The molecule has 18 heavy (non-hydrogen) atoms. The van der Waals surface area contributed by atoms with Crippen molar-refractivity contribution in [3.05, 3.63) is 24.3 Å². The Kier molecular flexibility index (Phi) is 3.43. The van der Waals surface area contributed by atoms with Crippen molar-refractivity contribution in [1.82, 2.24) is 0 Å². The number of nitriles is 1. The largest absolute Gasteiger partial charge is 0.491 e. The summed E-state index contributed by atoms with van der Waals surface area (Å²) in [4.78, 5) is 0. The summed E-state index contributed by atoms with van der Waals surface area (Å²) in [6, 6.07) is 8.77. The van der Waals surface area contributed by atoms with Gasteiger partial charge in [0.05, 0.1) is 18.4 Å². The first-order valence-electron chi connectivity index (χ1n) is 5.70. The summed E-state index contributed by atoms with van der Waals surface area (Å²) in [5.74, 6) is 0.545. The minimum atomic E-state index is -3.66. The summed E-state index contributed by atoms with van der Waals surface area (Å²) in [5, 5.41) is 7.77. The molecule has 0 radical (unpaired) electrons. The number of nitrogens with zero attached hydrogens (tertiary/aromatic N) is 2. The highest BCUT2D eigenvalue weighted by atomic mass is 32.2. The van der Waals surface area contributed by atoms with E-state index in [0.717, 1.165) is 0 Å². The van der Waals surface area contributed by atoms with Crippen LogP contribution in [0.4, 0.5) is 5.69 Å². The zero-order valence-electron chi connectivity index (χ0n) is 10.0. The van der Waals surface area contributed by atoms with Crippen LogP contribution < -0.4 is 9.04 Å². The van der Waals surface area contributed by atoms with Gasteiger partial charge in [-0.3, -0.25) is 4.31 Å². The van der Waals surface area contributed by atoms with Gasteiger partial charge in [-0.2, -0.15) is 5.26 Å². The molecule has 96 valence electrons. The molecule has 2 rings (SSSR count). The summed E-state index contributed by atoms with van der Waals surface area (Å²) < 4.78 is 31.3. The number of sulfonamides is 1. The van der Waals surface area contributed by atoms with E-state index in [1.54, 1.807) is 30.3 Å². The summed E-state index contributed by atoms with van der Waals surface area (Å²) in [5.41, 5.74) is 0.511. The number of para-hydroxylation sites is 2. The zero-order chi connectivity index (χ0) is 13.2. The third-order valence-corrected chi connectivity index (χ3v) is 4.83. The quantitative estimate of drug-likeness (QED) is 0.813. The van der Waals surface area contributed by atoms with Crippen molar-refractivity contribution in [2.75, 3.05) is 17.5 Å². The highest BCUT2D eigenvalue weighted by molar-refractivity contribution is 7.93. The van der Waals surface area contributed by atoms with E-state index in [1.165, 1.54) is 11.2 Å². The maximum atomic E-state index is 12.3. The smallest absolute Gasteiger partial charge is 0.251 e. The molecule has 1 heterocycles. The molecule has 1 unspecified atom stereocenters. The first-order chi connectivity index (χ1) is 8.57. The zero-order valence-corrected chi connectivity index (χ0v) is 10.9. The molecular weight excluding hydrogens is 252 g/mol. The number of ether oxygens (including phenoxy) is 1. The first kappa shape index (κ1) is 12.7. The second-order valence-electron chi connectivity index (χ2n) is 4.06. The number of anilines is 1. The molecule has 0 aromatic heterocycles. The van der Waals surface area contributed by atoms with Gasteiger partial charge in [0.25, 0.3) is 10.0 Å². The second-order valence-corrected chi connectivity index (χ2v) is 6.24. The summed E-state index contributed by atoms with van der Waals surface area (Å²) >= 11 is 0. The van der Waals surface area contributed by atoms with Gasteiger partial charge in [-0.25, -0.2) is 8.42 Å². The first-order valence-corrected chi connectivity index (χ1v) is 7.20. The normalized spacial score (nSPS) is 17.0. The number of rotatable bonds is 2. The Morgan fingerprint density at radius 2 is 2.17 bits per heavy atom. The minimum absolute atomic E-state index is 0.339. The number of hydrogen-bond donors (Lipinski definition) is 0. The second kappa shape index (κ2) is 4.86. The van der Waals surface area contributed by atoms with Crippen molar-refractivity contribution in [2.45, 2.75) is 18.6 Å². The van der Waals surface area contributed by atoms with Crippen molar-refractivity contribution in [1.29, 1.82) is 5.26 Å². The average molecular weight is 266 g/mol. The fourth-order valence-corrected chi connectivity index (χ4v) is 3.14. The lowest BCUT2D eigenvalue weighted by atomic mass is 10.3. The Morgan fingerprint density at radius 1 is 1.44 bits per heavy atom. The van der Waals surface area contributed by atoms with Crippen molar-refractivity contribution in [2.24, 2.45) is 0 Å². The Bertz CT molecular complexity index is 577. The van der Waals surface area contributed by atoms with Crippen molar-refractivity contribution in [3.63, 3.8) is 0 Å². The van der Waals surface area contributed by atoms with E-state index < -0.39 is 15.3 Å². The predicted molar refractivity (Wildman–Crippen MR) is 67.9 cm³/mol. The van der Waals surface area contributed by atoms with Crippen LogP contribution in [0.5, 0.6) is 5.75 Å². The molecule has 0 aliphatic carbocycles. The third kappa shape index (κ3) is 2.14. The van der Waals surface area contributed by atoms with Gasteiger partial charge in [-0.1, -0.05) is 12.1 Å². The molecule has 1 aliphatic rings. The van der Waals surface area contributed by atoms with Gasteiger partial charge in [0.15, 0.2) is 5.25 Å².